The summed E-state index contributed by atoms with van der Waals surface area (Å²) in [5.41, 5.74) is 0.372. The lowest BCUT2D eigenvalue weighted by atomic mass is 10.2. The Hall–Kier alpha value is -2.48. The highest BCUT2D eigenvalue weighted by molar-refractivity contribution is 5.96. The third kappa shape index (κ3) is 3.53. The molecule has 2 heterocycles. The van der Waals surface area contributed by atoms with Gasteiger partial charge in [0.15, 0.2) is 0 Å². The van der Waals surface area contributed by atoms with Gasteiger partial charge in [0.2, 0.25) is 5.91 Å². The first-order valence-corrected chi connectivity index (χ1v) is 7.67. The number of nitrogens with one attached hydrogen (secondary N) is 1. The summed E-state index contributed by atoms with van der Waals surface area (Å²) in [4.78, 5) is 36.1. The monoisotopic (exact) mass is 336 g/mol. The van der Waals surface area contributed by atoms with Gasteiger partial charge < -0.3 is 9.47 Å². The Bertz CT molecular complexity index is 639. The predicted molar refractivity (Wildman–Crippen MR) is 79.8 cm³/mol. The molecule has 0 saturated carbocycles. The average Bonchev–Trinajstić information content (AvgIpc) is 2.94. The minimum Gasteiger partial charge on any atom is -0.459 e. The van der Waals surface area contributed by atoms with E-state index >= 15 is 0 Å². The molecule has 0 radical (unpaired) electrons. The zero-order valence-electron chi connectivity index (χ0n) is 12.8. The first kappa shape index (κ1) is 16.4. The zero-order valence-corrected chi connectivity index (χ0v) is 12.8. The van der Waals surface area contributed by atoms with Crippen LogP contribution in [0.4, 0.5) is 9.18 Å². The maximum absolute atomic E-state index is 14.1. The molecule has 0 aromatic heterocycles. The molecule has 3 rings (SSSR count). The van der Waals surface area contributed by atoms with E-state index < -0.39 is 30.5 Å². The molecule has 3 amide bonds. The smallest absolute Gasteiger partial charge is 0.338 e. The SMILES string of the molecule is O=C1CCN([C@H]2C[C@H](F)[C@@H](COC(=O)c3ccccc3)O2)C(=O)N1. The number of ether oxygens (including phenoxy) is 2. The highest BCUT2D eigenvalue weighted by Gasteiger charge is 2.42. The second kappa shape index (κ2) is 6.96. The van der Waals surface area contributed by atoms with Crippen molar-refractivity contribution in [1.82, 2.24) is 10.2 Å². The van der Waals surface area contributed by atoms with Gasteiger partial charge in [-0.05, 0) is 12.1 Å². The number of carbonyl (C=O) groups excluding carboxylic acids is 3. The highest BCUT2D eigenvalue weighted by atomic mass is 19.1. The minimum absolute atomic E-state index is 0.0187. The molecule has 3 atom stereocenters. The van der Waals surface area contributed by atoms with Gasteiger partial charge in [0, 0.05) is 19.4 Å². The van der Waals surface area contributed by atoms with Crippen molar-refractivity contribution in [3.63, 3.8) is 0 Å². The first-order valence-electron chi connectivity index (χ1n) is 7.67. The van der Waals surface area contributed by atoms with Crippen molar-refractivity contribution in [2.45, 2.75) is 31.3 Å². The number of esters is 1. The Kier molecular flexibility index (Phi) is 4.75. The molecule has 1 aromatic rings. The Morgan fingerprint density at radius 2 is 2.08 bits per heavy atom. The number of alkyl halides is 1. The molecule has 2 fully saturated rings. The first-order chi connectivity index (χ1) is 11.5. The topological polar surface area (TPSA) is 84.9 Å². The molecule has 2 aliphatic heterocycles. The number of carbonyl (C=O) groups is 3. The van der Waals surface area contributed by atoms with Gasteiger partial charge in [0.25, 0.3) is 0 Å². The number of rotatable bonds is 4. The van der Waals surface area contributed by atoms with Crippen molar-refractivity contribution < 1.29 is 28.2 Å². The van der Waals surface area contributed by atoms with Crippen LogP contribution in [0.2, 0.25) is 0 Å². The van der Waals surface area contributed by atoms with E-state index in [-0.39, 0.29) is 31.9 Å². The number of imide groups is 1. The van der Waals surface area contributed by atoms with Crippen molar-refractivity contribution in [3.8, 4) is 0 Å². The van der Waals surface area contributed by atoms with Gasteiger partial charge in [-0.1, -0.05) is 18.2 Å². The summed E-state index contributed by atoms with van der Waals surface area (Å²) in [6, 6.07) is 7.78. The zero-order chi connectivity index (χ0) is 17.1. The van der Waals surface area contributed by atoms with Crippen molar-refractivity contribution in [2.24, 2.45) is 0 Å². The van der Waals surface area contributed by atoms with Crippen LogP contribution < -0.4 is 5.32 Å². The lowest BCUT2D eigenvalue weighted by Gasteiger charge is -2.31. The fourth-order valence-electron chi connectivity index (χ4n) is 2.70. The summed E-state index contributed by atoms with van der Waals surface area (Å²) in [7, 11) is 0. The summed E-state index contributed by atoms with van der Waals surface area (Å²) < 4.78 is 24.7. The fraction of sp³-hybridized carbons (Fsp3) is 0.438. The number of halogens is 1. The number of benzene rings is 1. The molecule has 8 heteroatoms. The van der Waals surface area contributed by atoms with Crippen molar-refractivity contribution in [1.29, 1.82) is 0 Å². The second-order valence-corrected chi connectivity index (χ2v) is 5.64. The molecule has 24 heavy (non-hydrogen) atoms. The van der Waals surface area contributed by atoms with Crippen LogP contribution in [-0.4, -0.2) is 54.5 Å². The Labute approximate surface area is 137 Å². The van der Waals surface area contributed by atoms with Gasteiger partial charge in [0.1, 0.15) is 25.1 Å². The van der Waals surface area contributed by atoms with E-state index in [2.05, 4.69) is 5.32 Å². The summed E-state index contributed by atoms with van der Waals surface area (Å²) in [5.74, 6) is -0.921. The Morgan fingerprint density at radius 1 is 1.33 bits per heavy atom. The number of hydrogen-bond acceptors (Lipinski definition) is 5. The van der Waals surface area contributed by atoms with Crippen molar-refractivity contribution >= 4 is 17.9 Å². The lowest BCUT2D eigenvalue weighted by molar-refractivity contribution is -0.123. The third-order valence-electron chi connectivity index (χ3n) is 3.98. The Morgan fingerprint density at radius 3 is 2.79 bits per heavy atom. The van der Waals surface area contributed by atoms with Crippen molar-refractivity contribution in [2.75, 3.05) is 13.2 Å². The van der Waals surface area contributed by atoms with E-state index in [4.69, 9.17) is 9.47 Å². The maximum atomic E-state index is 14.1. The van der Waals surface area contributed by atoms with Gasteiger partial charge >= 0.3 is 12.0 Å². The number of hydrogen-bond donors (Lipinski definition) is 1. The quantitative estimate of drug-likeness (QED) is 0.836. The van der Waals surface area contributed by atoms with Crippen LogP contribution in [0.15, 0.2) is 30.3 Å². The molecule has 2 saturated heterocycles. The third-order valence-corrected chi connectivity index (χ3v) is 3.98. The molecule has 0 aliphatic carbocycles. The van der Waals surface area contributed by atoms with E-state index in [1.807, 2.05) is 0 Å². The van der Waals surface area contributed by atoms with E-state index in [1.165, 1.54) is 4.90 Å². The van der Waals surface area contributed by atoms with Crippen LogP contribution in [0, 0.1) is 0 Å². The molecule has 1 N–H and O–H groups in total. The summed E-state index contributed by atoms with van der Waals surface area (Å²) in [6.07, 6.45) is -2.93. The van der Waals surface area contributed by atoms with Gasteiger partial charge in [-0.15, -0.1) is 0 Å². The van der Waals surface area contributed by atoms with Crippen molar-refractivity contribution in [3.05, 3.63) is 35.9 Å². The number of amides is 3. The normalized spacial score (nSPS) is 27.0. The molecule has 2 aliphatic rings. The van der Waals surface area contributed by atoms with Crippen LogP contribution >= 0.6 is 0 Å². The van der Waals surface area contributed by atoms with E-state index in [1.54, 1.807) is 30.3 Å². The maximum Gasteiger partial charge on any atom is 0.338 e. The lowest BCUT2D eigenvalue weighted by Crippen LogP contribution is -2.53. The summed E-state index contributed by atoms with van der Waals surface area (Å²) in [5, 5.41) is 2.17. The van der Waals surface area contributed by atoms with E-state index in [0.29, 0.717) is 5.56 Å². The molecule has 0 spiro atoms. The molecule has 128 valence electrons. The molecule has 7 nitrogen and oxygen atoms in total. The molecule has 0 bridgehead atoms. The average molecular weight is 336 g/mol. The molecular weight excluding hydrogens is 319 g/mol. The highest BCUT2D eigenvalue weighted by Crippen LogP contribution is 2.27. The van der Waals surface area contributed by atoms with Gasteiger partial charge in [-0.2, -0.15) is 0 Å². The van der Waals surface area contributed by atoms with Crippen LogP contribution in [0.5, 0.6) is 0 Å². The predicted octanol–water partition coefficient (Wildman–Crippen LogP) is 1.24. The van der Waals surface area contributed by atoms with Crippen LogP contribution in [-0.2, 0) is 14.3 Å². The number of nitrogens with zero attached hydrogens (tertiary/aromatic N) is 1. The summed E-state index contributed by atoms with van der Waals surface area (Å²) in [6.45, 7) is -0.0572. The summed E-state index contributed by atoms with van der Waals surface area (Å²) >= 11 is 0. The van der Waals surface area contributed by atoms with Gasteiger partial charge in [0.05, 0.1) is 5.56 Å². The molecule has 1 aromatic carbocycles. The minimum atomic E-state index is -1.36. The van der Waals surface area contributed by atoms with Crippen LogP contribution in [0.25, 0.3) is 0 Å². The van der Waals surface area contributed by atoms with Gasteiger partial charge in [-0.25, -0.2) is 14.0 Å². The second-order valence-electron chi connectivity index (χ2n) is 5.64. The number of urea groups is 1. The van der Waals surface area contributed by atoms with E-state index in [0.717, 1.165) is 0 Å². The largest absolute Gasteiger partial charge is 0.459 e. The molecule has 0 unspecified atom stereocenters. The standard InChI is InChI=1S/C16H17FN2O5/c17-11-8-14(19-7-6-13(20)18-16(19)22)24-12(11)9-23-15(21)10-4-2-1-3-5-10/h1-5,11-12,14H,6-9H2,(H,18,20,22)/t11-,12+,14+/m0/s1. The van der Waals surface area contributed by atoms with Gasteiger partial charge in [-0.3, -0.25) is 15.0 Å². The van der Waals surface area contributed by atoms with E-state index in [9.17, 15) is 18.8 Å². The fourth-order valence-corrected chi connectivity index (χ4v) is 2.70. The van der Waals surface area contributed by atoms with Crippen LogP contribution in [0.3, 0.4) is 0 Å². The molecular formula is C16H17FN2O5. The Balaban J connectivity index is 1.53. The van der Waals surface area contributed by atoms with Crippen LogP contribution in [0.1, 0.15) is 23.2 Å².